The largest absolute Gasteiger partial charge is 0.482 e. The van der Waals surface area contributed by atoms with Crippen LogP contribution in [0.3, 0.4) is 0 Å². The molecule has 2 aromatic carbocycles. The number of ether oxygens (including phenoxy) is 1. The molecular weight excluding hydrogens is 409 g/mol. The number of hydrogen-bond acceptors (Lipinski definition) is 4. The highest BCUT2D eigenvalue weighted by molar-refractivity contribution is 7.92. The zero-order valence-electron chi connectivity index (χ0n) is 13.8. The van der Waals surface area contributed by atoms with Crippen molar-refractivity contribution in [2.45, 2.75) is 6.18 Å². The van der Waals surface area contributed by atoms with E-state index in [-0.39, 0.29) is 27.7 Å². The molecule has 6 nitrogen and oxygen atoms in total. The Bertz CT molecular complexity index is 949. The van der Waals surface area contributed by atoms with Crippen LogP contribution in [0.15, 0.2) is 42.5 Å². The fourth-order valence-electron chi connectivity index (χ4n) is 2.02. The molecule has 0 saturated heterocycles. The molecule has 0 aliphatic rings. The number of rotatable bonds is 6. The van der Waals surface area contributed by atoms with Crippen LogP contribution in [0.1, 0.15) is 10.4 Å². The van der Waals surface area contributed by atoms with Crippen molar-refractivity contribution in [3.8, 4) is 5.75 Å². The molecular formula is C16H14ClF3N2O4S. The maximum atomic E-state index is 12.4. The van der Waals surface area contributed by atoms with E-state index in [1.807, 2.05) is 0 Å². The summed E-state index contributed by atoms with van der Waals surface area (Å²) in [5.74, 6) is -0.901. The number of carbonyl (C=O) groups excluding carboxylic acids is 1. The van der Waals surface area contributed by atoms with Gasteiger partial charge >= 0.3 is 6.18 Å². The van der Waals surface area contributed by atoms with E-state index < -0.39 is 28.7 Å². The predicted octanol–water partition coefficient (Wildman–Crippen LogP) is 3.90. The Kier molecular flexibility index (Phi) is 6.22. The van der Waals surface area contributed by atoms with Crippen LogP contribution in [0, 0.1) is 0 Å². The predicted molar refractivity (Wildman–Crippen MR) is 95.9 cm³/mol. The molecule has 0 fully saturated rings. The molecule has 2 aromatic rings. The van der Waals surface area contributed by atoms with Gasteiger partial charge in [0, 0.05) is 16.3 Å². The zero-order valence-corrected chi connectivity index (χ0v) is 15.4. The minimum Gasteiger partial charge on any atom is -0.482 e. The summed E-state index contributed by atoms with van der Waals surface area (Å²) in [7, 11) is -3.54. The summed E-state index contributed by atoms with van der Waals surface area (Å²) >= 11 is 5.83. The van der Waals surface area contributed by atoms with Crippen LogP contribution in [0.25, 0.3) is 0 Å². The van der Waals surface area contributed by atoms with Crippen LogP contribution < -0.4 is 14.8 Å². The van der Waals surface area contributed by atoms with Crippen LogP contribution >= 0.6 is 11.6 Å². The number of anilines is 2. The van der Waals surface area contributed by atoms with E-state index in [0.29, 0.717) is 0 Å². The normalized spacial score (nSPS) is 11.7. The van der Waals surface area contributed by atoms with Crippen molar-refractivity contribution in [3.05, 3.63) is 53.1 Å². The Morgan fingerprint density at radius 1 is 1.19 bits per heavy atom. The summed E-state index contributed by atoms with van der Waals surface area (Å²) < 4.78 is 66.6. The van der Waals surface area contributed by atoms with Crippen LogP contribution in [0.4, 0.5) is 24.5 Å². The monoisotopic (exact) mass is 422 g/mol. The Morgan fingerprint density at radius 2 is 1.89 bits per heavy atom. The smallest absolute Gasteiger partial charge is 0.422 e. The first kappa shape index (κ1) is 20.8. The van der Waals surface area contributed by atoms with E-state index in [1.165, 1.54) is 42.5 Å². The number of alkyl halides is 3. The van der Waals surface area contributed by atoms with Crippen LogP contribution in [0.2, 0.25) is 5.02 Å². The summed E-state index contributed by atoms with van der Waals surface area (Å²) in [6.45, 7) is -1.54. The standard InChI is InChI=1S/C16H14ClF3N2O4S/c1-27(24,25)22-12-4-2-3-10(7-12)15(23)21-13-8-11(17)5-6-14(13)26-9-16(18,19)20/h2-8,22H,9H2,1H3,(H,21,23). The third-order valence-electron chi connectivity index (χ3n) is 3.01. The molecule has 146 valence electrons. The van der Waals surface area contributed by atoms with Crippen molar-refractivity contribution in [2.75, 3.05) is 22.9 Å². The number of halogens is 4. The van der Waals surface area contributed by atoms with Gasteiger partial charge in [0.25, 0.3) is 5.91 Å². The zero-order chi connectivity index (χ0) is 20.2. The fourth-order valence-corrected chi connectivity index (χ4v) is 2.75. The molecule has 0 spiro atoms. The average molecular weight is 423 g/mol. The highest BCUT2D eigenvalue weighted by atomic mass is 35.5. The van der Waals surface area contributed by atoms with Crippen molar-refractivity contribution in [3.63, 3.8) is 0 Å². The lowest BCUT2D eigenvalue weighted by atomic mass is 10.2. The van der Waals surface area contributed by atoms with Gasteiger partial charge < -0.3 is 10.1 Å². The van der Waals surface area contributed by atoms with E-state index in [2.05, 4.69) is 10.0 Å². The Labute approximate surface area is 158 Å². The van der Waals surface area contributed by atoms with Crippen molar-refractivity contribution < 1.29 is 31.1 Å². The molecule has 27 heavy (non-hydrogen) atoms. The molecule has 0 atom stereocenters. The van der Waals surface area contributed by atoms with Crippen molar-refractivity contribution in [1.82, 2.24) is 0 Å². The van der Waals surface area contributed by atoms with Gasteiger partial charge in [0.2, 0.25) is 10.0 Å². The van der Waals surface area contributed by atoms with Gasteiger partial charge in [-0.25, -0.2) is 8.42 Å². The van der Waals surface area contributed by atoms with Crippen LogP contribution in [-0.2, 0) is 10.0 Å². The summed E-state index contributed by atoms with van der Waals surface area (Å²) in [5.41, 5.74) is 0.174. The highest BCUT2D eigenvalue weighted by Crippen LogP contribution is 2.30. The number of benzene rings is 2. The topological polar surface area (TPSA) is 84.5 Å². The Balaban J connectivity index is 2.22. The van der Waals surface area contributed by atoms with Gasteiger partial charge in [0.1, 0.15) is 5.75 Å². The minimum absolute atomic E-state index is 0.0572. The van der Waals surface area contributed by atoms with Gasteiger partial charge in [-0.15, -0.1) is 0 Å². The van der Waals surface area contributed by atoms with Gasteiger partial charge in [-0.1, -0.05) is 17.7 Å². The molecule has 0 aromatic heterocycles. The molecule has 0 saturated carbocycles. The second-order valence-electron chi connectivity index (χ2n) is 5.45. The first-order valence-corrected chi connectivity index (χ1v) is 9.58. The van der Waals surface area contributed by atoms with E-state index in [9.17, 15) is 26.4 Å². The lowest BCUT2D eigenvalue weighted by molar-refractivity contribution is -0.153. The van der Waals surface area contributed by atoms with Crippen LogP contribution in [-0.4, -0.2) is 33.4 Å². The average Bonchev–Trinajstić information content (AvgIpc) is 2.52. The molecule has 0 aliphatic heterocycles. The first-order valence-electron chi connectivity index (χ1n) is 7.31. The molecule has 11 heteroatoms. The second kappa shape index (κ2) is 8.05. The third kappa shape index (κ3) is 6.99. The molecule has 2 rings (SSSR count). The summed E-state index contributed by atoms with van der Waals surface area (Å²) in [6, 6.07) is 9.33. The molecule has 0 bridgehead atoms. The van der Waals surface area contributed by atoms with Gasteiger partial charge in [-0.3, -0.25) is 9.52 Å². The molecule has 0 unspecified atom stereocenters. The number of hydrogen-bond donors (Lipinski definition) is 2. The lowest BCUT2D eigenvalue weighted by Crippen LogP contribution is -2.20. The quantitative estimate of drug-likeness (QED) is 0.739. The number of amides is 1. The van der Waals surface area contributed by atoms with Crippen molar-refractivity contribution in [1.29, 1.82) is 0 Å². The maximum Gasteiger partial charge on any atom is 0.422 e. The first-order chi connectivity index (χ1) is 12.4. The second-order valence-corrected chi connectivity index (χ2v) is 7.64. The Morgan fingerprint density at radius 3 is 2.52 bits per heavy atom. The van der Waals surface area contributed by atoms with Gasteiger partial charge in [-0.2, -0.15) is 13.2 Å². The van der Waals surface area contributed by atoms with E-state index in [4.69, 9.17) is 16.3 Å². The molecule has 1 amide bonds. The summed E-state index contributed by atoms with van der Waals surface area (Å²) in [4.78, 5) is 12.4. The van der Waals surface area contributed by atoms with E-state index >= 15 is 0 Å². The molecule has 2 N–H and O–H groups in total. The maximum absolute atomic E-state index is 12.4. The number of carbonyl (C=O) groups is 1. The Hall–Kier alpha value is -2.46. The number of nitrogens with one attached hydrogen (secondary N) is 2. The van der Waals surface area contributed by atoms with Gasteiger partial charge in [0.05, 0.1) is 11.9 Å². The highest BCUT2D eigenvalue weighted by Gasteiger charge is 2.29. The third-order valence-corrected chi connectivity index (χ3v) is 3.85. The van der Waals surface area contributed by atoms with E-state index in [0.717, 1.165) is 6.26 Å². The van der Waals surface area contributed by atoms with Crippen molar-refractivity contribution in [2.24, 2.45) is 0 Å². The number of sulfonamides is 1. The molecule has 0 radical (unpaired) electrons. The fraction of sp³-hybridized carbons (Fsp3) is 0.188. The lowest BCUT2D eigenvalue weighted by Gasteiger charge is -2.14. The van der Waals surface area contributed by atoms with Crippen molar-refractivity contribution >= 4 is 38.9 Å². The molecule has 0 heterocycles. The minimum atomic E-state index is -4.55. The van der Waals surface area contributed by atoms with Gasteiger partial charge in [0.15, 0.2) is 6.61 Å². The SMILES string of the molecule is CS(=O)(=O)Nc1cccc(C(=O)Nc2cc(Cl)ccc2OCC(F)(F)F)c1. The summed E-state index contributed by atoms with van der Waals surface area (Å²) in [6.07, 6.45) is -3.59. The van der Waals surface area contributed by atoms with Crippen LogP contribution in [0.5, 0.6) is 5.75 Å². The van der Waals surface area contributed by atoms with Gasteiger partial charge in [-0.05, 0) is 36.4 Å². The van der Waals surface area contributed by atoms with E-state index in [1.54, 1.807) is 0 Å². The molecule has 0 aliphatic carbocycles. The summed E-state index contributed by atoms with van der Waals surface area (Å²) in [5, 5.41) is 2.58.